The fourth-order valence-electron chi connectivity index (χ4n) is 14.7. The number of likely N-dealkylation sites (tertiary alicyclic amines) is 1. The molecule has 1 fully saturated rings. The maximum atomic E-state index is 14.5. The van der Waals surface area contributed by atoms with Crippen molar-refractivity contribution in [2.75, 3.05) is 143 Å². The molecule has 5 heterocycles. The summed E-state index contributed by atoms with van der Waals surface area (Å²) >= 11 is 0. The molecule has 0 aliphatic carbocycles. The van der Waals surface area contributed by atoms with E-state index in [1.807, 2.05) is 38.1 Å². The van der Waals surface area contributed by atoms with E-state index in [0.29, 0.717) is 36.3 Å². The molecule has 5 unspecified atom stereocenters. The lowest BCUT2D eigenvalue weighted by Gasteiger charge is -2.37. The summed E-state index contributed by atoms with van der Waals surface area (Å²) in [6, 6.07) is 18.3. The molecule has 1 saturated heterocycles. The summed E-state index contributed by atoms with van der Waals surface area (Å²) in [5.74, 6) is -13.5. The predicted molar refractivity (Wildman–Crippen MR) is 473 cm³/mol. The minimum Gasteiger partial charge on any atom is -0.481 e. The number of hydrogen-bond acceptors (Lipinski definition) is 23. The van der Waals surface area contributed by atoms with Crippen LogP contribution in [0.5, 0.6) is 0 Å². The summed E-state index contributed by atoms with van der Waals surface area (Å²) in [5.41, 5.74) is 2.00. The number of rotatable bonds is 39. The molecule has 9 rings (SSSR count). The van der Waals surface area contributed by atoms with Crippen molar-refractivity contribution >= 4 is 145 Å². The molecule has 2 aromatic heterocycles. The molecule has 0 radical (unpaired) electrons. The Morgan fingerprint density at radius 1 is 0.580 bits per heavy atom. The van der Waals surface area contributed by atoms with Gasteiger partial charge in [0, 0.05) is 109 Å². The number of fused-ring (bicyclic) bond motifs is 5. The number of urea groups is 3. The first kappa shape index (κ1) is 100. The van der Waals surface area contributed by atoms with Crippen molar-refractivity contribution in [3.63, 3.8) is 0 Å². The number of aromatic nitrogens is 2. The van der Waals surface area contributed by atoms with Crippen LogP contribution < -0.4 is 47.5 Å². The number of amides is 16. The summed E-state index contributed by atoms with van der Waals surface area (Å²) in [6.07, 6.45) is -0.151. The number of aliphatic carboxylic acids is 2. The van der Waals surface area contributed by atoms with Crippen molar-refractivity contribution < 1.29 is 110 Å². The van der Waals surface area contributed by atoms with Crippen molar-refractivity contribution in [1.82, 2.24) is 74.9 Å². The van der Waals surface area contributed by atoms with Gasteiger partial charge >= 0.3 is 42.0 Å². The van der Waals surface area contributed by atoms with E-state index in [1.54, 1.807) is 31.4 Å². The van der Waals surface area contributed by atoms with E-state index >= 15 is 0 Å². The van der Waals surface area contributed by atoms with E-state index < -0.39 is 224 Å². The highest BCUT2D eigenvalue weighted by Gasteiger charge is 2.52. The van der Waals surface area contributed by atoms with Crippen LogP contribution in [0, 0.1) is 5.92 Å². The van der Waals surface area contributed by atoms with Crippen LogP contribution in [0.4, 0.5) is 37.1 Å². The predicted octanol–water partition coefficient (Wildman–Crippen LogP) is 2.33. The number of carboxylic acids is 2. The molecule has 131 heavy (non-hydrogen) atoms. The number of likely N-dealkylation sites (N-methyl/N-ethyl adjacent to an activating group) is 8. The average molecular weight is 1840 g/mol. The number of cyclic esters (lactones) is 1. The van der Waals surface area contributed by atoms with E-state index in [1.165, 1.54) is 129 Å². The second kappa shape index (κ2) is 43.9. The Morgan fingerprint density at radius 3 is 1.65 bits per heavy atom. The molecule has 3 aliphatic rings. The van der Waals surface area contributed by atoms with Crippen LogP contribution >= 0.6 is 0 Å². The maximum absolute atomic E-state index is 14.5. The molecule has 5 atom stereocenters. The number of carbonyl (C=O) groups excluding carboxylic acids is 15. The Kier molecular flexibility index (Phi) is 33.6. The highest BCUT2D eigenvalue weighted by atomic mass is 32.2. The minimum absolute atomic E-state index is 0.0398. The number of pyridine rings is 2. The summed E-state index contributed by atoms with van der Waals surface area (Å²) < 4.78 is 42.6. The number of anilines is 4. The van der Waals surface area contributed by atoms with Gasteiger partial charge in [0.15, 0.2) is 0 Å². The van der Waals surface area contributed by atoms with Gasteiger partial charge in [-0.2, -0.15) is 0 Å². The molecule has 43 nitrogen and oxygen atoms in total. The zero-order valence-electron chi connectivity index (χ0n) is 74.8. The third-order valence-electron chi connectivity index (χ3n) is 22.3. The zero-order chi connectivity index (χ0) is 96.4. The molecular formula is C87H109N19O24S. The Balaban J connectivity index is 0.671. The lowest BCUT2D eigenvalue weighted by molar-refractivity contribution is -0.191. The number of ether oxygens (including phenoxy) is 2. The number of para-hydroxylation sites is 1. The number of sulfonamides is 1. The smallest absolute Gasteiger partial charge is 0.355 e. The standard InChI is InChI=1S/C87H109N19O24S/c1-14-33-88-84(124)90-54-23-20-25-56(36-54)131(127,128)96-55-24-19-22-51(35-55)63(38-75(115)116)94-85(125)89-52-29-31-53(32-30-52)91-86(126)104(13)48-74(114)103(12)47-73(113)102(11)46-72(112)101(10)45-71(111)100(9)44-70(110)99(8)43-69(109)98(7)42-68(108)97(6)41-67(107)92-64(39-76(117)118)81(121)105-34-21-28-65(105)79(119)95-77(50(4)5)82(122)130-87(16-3)61-37-66-78-59(40-106(66)80(120)60(61)49-129-83(87)123)57(15-2)58-26-17-18-27-62(58)93-78/h17-20,22-27,29-32,35-37,50,63-65,77,96H,14-16,21,28,33-34,38-49H2,1-13H3,(H,91,126)(H,92,107)(H,95,119)(H,115,116)(H,117,118)(H2,88,90,124)(H2,89,94,125). The molecule has 0 saturated carbocycles. The zero-order valence-corrected chi connectivity index (χ0v) is 75.7. The third-order valence-corrected chi connectivity index (χ3v) is 23.6. The van der Waals surface area contributed by atoms with Gasteiger partial charge in [0.05, 0.1) is 98.6 Å². The van der Waals surface area contributed by atoms with E-state index in [0.717, 1.165) is 60.6 Å². The Labute approximate surface area is 754 Å². The van der Waals surface area contributed by atoms with E-state index in [2.05, 4.69) is 41.9 Å². The fraction of sp³-hybridized carbons (Fsp3) is 0.437. The lowest BCUT2D eigenvalue weighted by Crippen LogP contribution is -2.58. The van der Waals surface area contributed by atoms with Gasteiger partial charge in [-0.15, -0.1) is 0 Å². The first-order chi connectivity index (χ1) is 61.9. The molecule has 16 amide bonds. The van der Waals surface area contributed by atoms with Crippen LogP contribution in [0.2, 0.25) is 0 Å². The van der Waals surface area contributed by atoms with Crippen molar-refractivity contribution in [3.05, 3.63) is 141 Å². The first-order valence-corrected chi connectivity index (χ1v) is 43.4. The van der Waals surface area contributed by atoms with Crippen molar-refractivity contribution in [1.29, 1.82) is 0 Å². The summed E-state index contributed by atoms with van der Waals surface area (Å²) in [7, 11) is 5.84. The van der Waals surface area contributed by atoms with Gasteiger partial charge in [-0.05, 0) is 116 Å². The van der Waals surface area contributed by atoms with Gasteiger partial charge < -0.3 is 106 Å². The van der Waals surface area contributed by atoms with Crippen LogP contribution in [-0.2, 0) is 112 Å². The number of aryl methyl sites for hydroxylation is 1. The topological polar surface area (TPSA) is 544 Å². The maximum Gasteiger partial charge on any atom is 0.355 e. The summed E-state index contributed by atoms with van der Waals surface area (Å²) in [6.45, 7) is 4.01. The van der Waals surface area contributed by atoms with Gasteiger partial charge in [-0.25, -0.2) is 37.4 Å². The van der Waals surface area contributed by atoms with E-state index in [9.17, 15) is 105 Å². The van der Waals surface area contributed by atoms with Gasteiger partial charge in [0.1, 0.15) is 31.3 Å². The fourth-order valence-corrected chi connectivity index (χ4v) is 15.8. The second-order valence-electron chi connectivity index (χ2n) is 32.4. The monoisotopic (exact) mass is 1840 g/mol. The number of benzene rings is 4. The molecule has 44 heteroatoms. The summed E-state index contributed by atoms with van der Waals surface area (Å²) in [4.78, 5) is 255. The number of carboxylic acid groups (broad SMARTS) is 2. The largest absolute Gasteiger partial charge is 0.481 e. The quantitative estimate of drug-likeness (QED) is 0.0247. The molecule has 6 aromatic rings. The number of nitrogens with one attached hydrogen (secondary N) is 8. The van der Waals surface area contributed by atoms with Gasteiger partial charge in [0.25, 0.3) is 15.6 Å². The molecular weight excluding hydrogens is 1730 g/mol. The molecule has 0 spiro atoms. The Bertz CT molecular complexity index is 5630. The Morgan fingerprint density at radius 2 is 1.11 bits per heavy atom. The average Bonchev–Trinajstić information content (AvgIpc) is 1.58. The number of nitrogens with zero attached hydrogens (tertiary/aromatic N) is 11. The van der Waals surface area contributed by atoms with Crippen molar-refractivity contribution in [2.45, 2.75) is 127 Å². The first-order valence-electron chi connectivity index (χ1n) is 41.9. The summed E-state index contributed by atoms with van der Waals surface area (Å²) in [5, 5.41) is 38.6. The third kappa shape index (κ3) is 25.2. The number of esters is 2. The van der Waals surface area contributed by atoms with E-state index in [4.69, 9.17) is 14.5 Å². The Hall–Kier alpha value is -14.6. The van der Waals surface area contributed by atoms with Crippen LogP contribution in [0.15, 0.2) is 113 Å². The minimum atomic E-state index is -4.24. The van der Waals surface area contributed by atoms with Crippen LogP contribution in [0.1, 0.15) is 107 Å². The second-order valence-corrected chi connectivity index (χ2v) is 34.1. The molecule has 4 aromatic carbocycles. The number of carbonyl (C=O) groups is 17. The van der Waals surface area contributed by atoms with E-state index in [-0.39, 0.29) is 76.7 Å². The van der Waals surface area contributed by atoms with Crippen LogP contribution in [-0.4, -0.2) is 313 Å². The van der Waals surface area contributed by atoms with Gasteiger partial charge in [-0.1, -0.05) is 71.0 Å². The molecule has 10 N–H and O–H groups in total. The van der Waals surface area contributed by atoms with Crippen LogP contribution in [0.3, 0.4) is 0 Å². The van der Waals surface area contributed by atoms with Crippen molar-refractivity contribution in [2.24, 2.45) is 5.92 Å². The van der Waals surface area contributed by atoms with Crippen molar-refractivity contribution in [3.8, 4) is 11.4 Å². The highest BCUT2D eigenvalue weighted by Crippen LogP contribution is 2.43. The number of hydrogen-bond donors (Lipinski definition) is 10. The van der Waals surface area contributed by atoms with Gasteiger partial charge in [-0.3, -0.25) is 67.1 Å². The lowest BCUT2D eigenvalue weighted by atomic mass is 9.85. The van der Waals surface area contributed by atoms with Crippen LogP contribution in [0.25, 0.3) is 22.3 Å². The normalized spacial score (nSPS) is 14.7. The molecule has 0 bridgehead atoms. The highest BCUT2D eigenvalue weighted by molar-refractivity contribution is 7.92. The van der Waals surface area contributed by atoms with Gasteiger partial charge in [0.2, 0.25) is 64.7 Å². The SMILES string of the molecule is CCCNC(=O)Nc1cccc(S(=O)(=O)Nc2cccc(C(CC(=O)O)NC(=O)Nc3ccc(NC(=O)N(C)CC(=O)N(C)CC(=O)N(C)CC(=O)N(C)CC(=O)N(C)CC(=O)N(C)CC(=O)N(C)CC(=O)N(C)CC(=O)NC(CC(=O)O)C(=O)N4CCCC4C(=O)NC(C(=O)OC4(CC)C(=O)OCc5c4cc4n(c5=O)Cc5c-4nc4ccccc4c5CC)C(C)C)cc3)c2)c1. The molecule has 702 valence electrons. The molecule has 3 aliphatic heterocycles.